The van der Waals surface area contributed by atoms with Crippen molar-refractivity contribution in [2.75, 3.05) is 0 Å². The molecular formula is C19H22BrF2O3PS. The summed E-state index contributed by atoms with van der Waals surface area (Å²) in [5.41, 5.74) is 3.60. The highest BCUT2D eigenvalue weighted by molar-refractivity contribution is 9.10. The fourth-order valence-corrected chi connectivity index (χ4v) is 4.38. The van der Waals surface area contributed by atoms with Gasteiger partial charge in [-0.2, -0.15) is 20.5 Å². The highest BCUT2D eigenvalue weighted by atomic mass is 79.9. The van der Waals surface area contributed by atoms with E-state index in [9.17, 15) is 13.3 Å². The van der Waals surface area contributed by atoms with E-state index in [2.05, 4.69) is 65.5 Å². The molecule has 1 atom stereocenters. The molecule has 0 radical (unpaired) electrons. The van der Waals surface area contributed by atoms with Crippen LogP contribution in [-0.4, -0.2) is 11.1 Å². The average Bonchev–Trinajstić information content (AvgIpc) is 2.57. The van der Waals surface area contributed by atoms with Gasteiger partial charge in [-0.1, -0.05) is 51.1 Å². The molecule has 0 aliphatic heterocycles. The monoisotopic (exact) mass is 478 g/mol. The Hall–Kier alpha value is -0.880. The lowest BCUT2D eigenvalue weighted by Crippen LogP contribution is -2.10. The predicted molar refractivity (Wildman–Crippen MR) is 111 cm³/mol. The summed E-state index contributed by atoms with van der Waals surface area (Å²) in [7, 11) is -4.97. The van der Waals surface area contributed by atoms with Gasteiger partial charge in [0.15, 0.2) is 0 Å². The Morgan fingerprint density at radius 2 is 1.67 bits per heavy atom. The van der Waals surface area contributed by atoms with Crippen LogP contribution < -0.4 is 4.52 Å². The van der Waals surface area contributed by atoms with Crippen molar-refractivity contribution in [3.8, 4) is 5.75 Å². The van der Waals surface area contributed by atoms with Crippen LogP contribution in [0.4, 0.5) is 8.78 Å². The lowest BCUT2D eigenvalue weighted by Gasteiger charge is -2.19. The molecule has 2 aromatic rings. The molecule has 0 spiro atoms. The molecule has 0 fully saturated rings. The summed E-state index contributed by atoms with van der Waals surface area (Å²) in [5, 5.41) is 0. The first-order chi connectivity index (χ1) is 12.5. The van der Waals surface area contributed by atoms with Crippen molar-refractivity contribution in [3.05, 3.63) is 63.6 Å². The number of hydrogen-bond acceptors (Lipinski definition) is 3. The summed E-state index contributed by atoms with van der Waals surface area (Å²) in [5.74, 6) is 1.48. The molecule has 0 saturated carbocycles. The molecule has 0 bridgehead atoms. The molecule has 0 saturated heterocycles. The highest BCUT2D eigenvalue weighted by Gasteiger charge is 2.34. The van der Waals surface area contributed by atoms with Crippen LogP contribution in [0.3, 0.4) is 0 Å². The predicted octanol–water partition coefficient (Wildman–Crippen LogP) is 6.97. The molecule has 0 amide bonds. The minimum atomic E-state index is -4.97. The molecule has 148 valence electrons. The summed E-state index contributed by atoms with van der Waals surface area (Å²) in [4.78, 5) is 9.13. The van der Waals surface area contributed by atoms with Gasteiger partial charge in [-0.3, -0.25) is 0 Å². The third-order valence-corrected chi connectivity index (χ3v) is 6.48. The van der Waals surface area contributed by atoms with Crippen LogP contribution in [-0.2, 0) is 21.5 Å². The number of hydrogen-bond donors (Lipinski definition) is 1. The van der Waals surface area contributed by atoms with E-state index in [1.807, 2.05) is 0 Å². The summed E-state index contributed by atoms with van der Waals surface area (Å²) in [6.07, 6.45) is -3.44. The number of benzene rings is 2. The van der Waals surface area contributed by atoms with Gasteiger partial charge < -0.3 is 9.42 Å². The van der Waals surface area contributed by atoms with Crippen molar-refractivity contribution < 1.29 is 22.8 Å². The fourth-order valence-electron chi connectivity index (χ4n) is 2.28. The third-order valence-electron chi connectivity index (χ3n) is 3.83. The molecule has 3 nitrogen and oxygen atoms in total. The Morgan fingerprint density at radius 1 is 1.11 bits per heavy atom. The van der Waals surface area contributed by atoms with Gasteiger partial charge in [-0.25, -0.2) is 4.57 Å². The molecule has 1 N–H and O–H groups in total. The lowest BCUT2D eigenvalue weighted by atomic mass is 9.87. The molecule has 0 aromatic heterocycles. The Labute approximate surface area is 171 Å². The van der Waals surface area contributed by atoms with E-state index in [0.717, 1.165) is 11.3 Å². The third kappa shape index (κ3) is 6.60. The maximum Gasteiger partial charge on any atom is 0.442 e. The van der Waals surface area contributed by atoms with Crippen molar-refractivity contribution in [3.63, 3.8) is 0 Å². The van der Waals surface area contributed by atoms with Crippen molar-refractivity contribution in [2.45, 2.75) is 43.9 Å². The van der Waals surface area contributed by atoms with Crippen LogP contribution >= 0.6 is 35.3 Å². The molecule has 1 unspecified atom stereocenters. The fraction of sp³-hybridized carbons (Fsp3) is 0.368. The zero-order chi connectivity index (χ0) is 20.2. The average molecular weight is 479 g/mol. The topological polar surface area (TPSA) is 46.5 Å². The first kappa shape index (κ1) is 22.4. The standard InChI is InChI=1S/C19H22BrF2O3PS/c1-19(2,3)15-7-4-13(5-8-15)11-27-12-14-6-9-17(16(20)10-14)25-26(23,24)18(21)22/h4-10,18H,11-12H2,1-3H3,(H,23,24). The van der Waals surface area contributed by atoms with Crippen LogP contribution in [0.5, 0.6) is 5.75 Å². The first-order valence-electron chi connectivity index (χ1n) is 8.25. The van der Waals surface area contributed by atoms with Crippen LogP contribution in [0.1, 0.15) is 37.5 Å². The van der Waals surface area contributed by atoms with Crippen molar-refractivity contribution in [1.29, 1.82) is 0 Å². The van der Waals surface area contributed by atoms with Gasteiger partial charge in [0.2, 0.25) is 0 Å². The SMILES string of the molecule is CC(C)(C)c1ccc(CSCc2ccc(OP(=O)(O)C(F)F)c(Br)c2)cc1. The van der Waals surface area contributed by atoms with E-state index in [1.54, 1.807) is 23.9 Å². The van der Waals surface area contributed by atoms with Gasteiger partial charge in [-0.15, -0.1) is 0 Å². The Kier molecular flexibility index (Phi) is 7.54. The van der Waals surface area contributed by atoms with Crippen molar-refractivity contribution in [2.24, 2.45) is 0 Å². The second-order valence-corrected chi connectivity index (χ2v) is 10.7. The number of rotatable bonds is 7. The largest absolute Gasteiger partial charge is 0.442 e. The van der Waals surface area contributed by atoms with E-state index in [0.29, 0.717) is 10.2 Å². The maximum absolute atomic E-state index is 12.5. The van der Waals surface area contributed by atoms with Crippen LogP contribution in [0.25, 0.3) is 0 Å². The van der Waals surface area contributed by atoms with Gasteiger partial charge in [0, 0.05) is 11.5 Å². The minimum Gasteiger partial charge on any atom is -0.420 e. The number of thioether (sulfide) groups is 1. The second kappa shape index (κ2) is 9.08. The molecule has 27 heavy (non-hydrogen) atoms. The molecule has 0 aliphatic rings. The summed E-state index contributed by atoms with van der Waals surface area (Å²) < 4.78 is 41.2. The van der Waals surface area contributed by atoms with Crippen LogP contribution in [0.2, 0.25) is 0 Å². The maximum atomic E-state index is 12.5. The normalized spacial score (nSPS) is 14.2. The minimum absolute atomic E-state index is 0.0762. The van der Waals surface area contributed by atoms with Crippen LogP contribution in [0.15, 0.2) is 46.9 Å². The smallest absolute Gasteiger partial charge is 0.420 e. The molecule has 0 heterocycles. The number of alkyl halides is 2. The molecule has 8 heteroatoms. The Balaban J connectivity index is 1.93. The van der Waals surface area contributed by atoms with Gasteiger partial charge in [0.05, 0.1) is 4.47 Å². The van der Waals surface area contributed by atoms with E-state index in [-0.39, 0.29) is 11.2 Å². The van der Waals surface area contributed by atoms with E-state index in [1.165, 1.54) is 17.2 Å². The van der Waals surface area contributed by atoms with E-state index < -0.39 is 13.8 Å². The lowest BCUT2D eigenvalue weighted by molar-refractivity contribution is 0.188. The second-order valence-electron chi connectivity index (χ2n) is 7.14. The Morgan fingerprint density at radius 3 is 2.19 bits per heavy atom. The van der Waals surface area contributed by atoms with Gasteiger partial charge in [0.1, 0.15) is 5.75 Å². The number of halogens is 3. The quantitative estimate of drug-likeness (QED) is 0.436. The van der Waals surface area contributed by atoms with Gasteiger partial charge in [-0.05, 0) is 50.2 Å². The highest BCUT2D eigenvalue weighted by Crippen LogP contribution is 2.50. The molecule has 2 aromatic carbocycles. The first-order valence-corrected chi connectivity index (χ1v) is 11.8. The van der Waals surface area contributed by atoms with Crippen molar-refractivity contribution >= 4 is 35.3 Å². The molecule has 0 aliphatic carbocycles. The van der Waals surface area contributed by atoms with Crippen molar-refractivity contribution in [1.82, 2.24) is 0 Å². The summed E-state index contributed by atoms with van der Waals surface area (Å²) in [6.45, 7) is 6.54. The van der Waals surface area contributed by atoms with Gasteiger partial charge >= 0.3 is 13.8 Å². The molecular weight excluding hydrogens is 457 g/mol. The van der Waals surface area contributed by atoms with E-state index in [4.69, 9.17) is 4.89 Å². The summed E-state index contributed by atoms with van der Waals surface area (Å²) >= 11 is 4.92. The Bertz CT molecular complexity index is 823. The summed E-state index contributed by atoms with van der Waals surface area (Å²) in [6, 6.07) is 13.4. The molecule has 2 rings (SSSR count). The van der Waals surface area contributed by atoms with Crippen LogP contribution in [0, 0.1) is 0 Å². The zero-order valence-electron chi connectivity index (χ0n) is 15.3. The van der Waals surface area contributed by atoms with Gasteiger partial charge in [0.25, 0.3) is 0 Å². The van der Waals surface area contributed by atoms with E-state index >= 15 is 0 Å². The zero-order valence-corrected chi connectivity index (χ0v) is 18.6.